The molecule has 1 aromatic rings. The number of ether oxygens (including phenoxy) is 1. The third kappa shape index (κ3) is 4.56. The van der Waals surface area contributed by atoms with Gasteiger partial charge in [-0.1, -0.05) is 25.0 Å². The van der Waals surface area contributed by atoms with Gasteiger partial charge in [0.2, 0.25) is 0 Å². The molecule has 1 aliphatic carbocycles. The molecule has 0 aromatic heterocycles. The average molecular weight is 318 g/mol. The van der Waals surface area contributed by atoms with Crippen LogP contribution in [0.4, 0.5) is 8.78 Å². The van der Waals surface area contributed by atoms with Crippen LogP contribution in [-0.2, 0) is 0 Å². The largest absolute Gasteiger partial charge is 0.434 e. The Morgan fingerprint density at radius 1 is 1.33 bits per heavy atom. The molecule has 2 rings (SSSR count). The average Bonchev–Trinajstić information content (AvgIpc) is 2.46. The molecule has 0 aliphatic heterocycles. The van der Waals surface area contributed by atoms with Crippen LogP contribution in [0.15, 0.2) is 24.3 Å². The van der Waals surface area contributed by atoms with E-state index in [1.807, 2.05) is 0 Å². The predicted octanol–water partition coefficient (Wildman–Crippen LogP) is 3.82. The van der Waals surface area contributed by atoms with Gasteiger partial charge in [0.1, 0.15) is 5.75 Å². The second-order valence-electron chi connectivity index (χ2n) is 5.15. The summed E-state index contributed by atoms with van der Waals surface area (Å²) >= 11 is 6.24. The van der Waals surface area contributed by atoms with E-state index in [1.54, 1.807) is 12.1 Å². The van der Waals surface area contributed by atoms with E-state index in [0.717, 1.165) is 25.7 Å². The molecule has 1 aliphatic rings. The van der Waals surface area contributed by atoms with Crippen molar-refractivity contribution in [3.63, 3.8) is 0 Å². The van der Waals surface area contributed by atoms with Crippen molar-refractivity contribution in [3.05, 3.63) is 29.8 Å². The van der Waals surface area contributed by atoms with Crippen LogP contribution < -0.4 is 10.1 Å². The van der Waals surface area contributed by atoms with Gasteiger partial charge in [-0.25, -0.2) is 0 Å². The summed E-state index contributed by atoms with van der Waals surface area (Å²) < 4.78 is 29.0. The molecule has 116 valence electrons. The van der Waals surface area contributed by atoms with Gasteiger partial charge in [0.25, 0.3) is 5.91 Å². The Bertz CT molecular complexity index is 484. The second kappa shape index (κ2) is 7.59. The van der Waals surface area contributed by atoms with Crippen molar-refractivity contribution in [3.8, 4) is 5.75 Å². The summed E-state index contributed by atoms with van der Waals surface area (Å²) in [5, 5.41) is 2.83. The molecule has 0 saturated heterocycles. The van der Waals surface area contributed by atoms with Gasteiger partial charge in [0, 0.05) is 11.9 Å². The summed E-state index contributed by atoms with van der Waals surface area (Å²) in [5.41, 5.74) is 0.111. The van der Waals surface area contributed by atoms with Gasteiger partial charge in [-0.05, 0) is 30.9 Å². The van der Waals surface area contributed by atoms with Gasteiger partial charge in [0.15, 0.2) is 0 Å². The first kappa shape index (κ1) is 16.0. The van der Waals surface area contributed by atoms with E-state index in [4.69, 9.17) is 11.6 Å². The van der Waals surface area contributed by atoms with Crippen LogP contribution in [0.3, 0.4) is 0 Å². The number of para-hydroxylation sites is 1. The highest BCUT2D eigenvalue weighted by Gasteiger charge is 2.24. The fourth-order valence-corrected chi connectivity index (χ4v) is 2.93. The highest BCUT2D eigenvalue weighted by atomic mass is 35.5. The number of rotatable bonds is 5. The van der Waals surface area contributed by atoms with Crippen LogP contribution in [0.1, 0.15) is 36.0 Å². The first-order valence-corrected chi connectivity index (χ1v) is 7.47. The number of hydrogen-bond acceptors (Lipinski definition) is 2. The lowest BCUT2D eigenvalue weighted by molar-refractivity contribution is -0.0501. The molecule has 0 radical (unpaired) electrons. The lowest BCUT2D eigenvalue weighted by Gasteiger charge is -2.27. The molecule has 1 fully saturated rings. The summed E-state index contributed by atoms with van der Waals surface area (Å²) in [6.45, 7) is -2.50. The topological polar surface area (TPSA) is 38.3 Å². The van der Waals surface area contributed by atoms with Crippen LogP contribution in [0.25, 0.3) is 0 Å². The Labute approximate surface area is 127 Å². The van der Waals surface area contributed by atoms with Gasteiger partial charge < -0.3 is 10.1 Å². The summed E-state index contributed by atoms with van der Waals surface area (Å²) in [4.78, 5) is 12.1. The zero-order valence-corrected chi connectivity index (χ0v) is 12.3. The number of benzene rings is 1. The Balaban J connectivity index is 1.96. The van der Waals surface area contributed by atoms with E-state index in [1.165, 1.54) is 12.1 Å². The molecular weight excluding hydrogens is 300 g/mol. The molecule has 2 atom stereocenters. The molecule has 1 N–H and O–H groups in total. The number of carbonyl (C=O) groups is 1. The molecule has 0 bridgehead atoms. The van der Waals surface area contributed by atoms with E-state index < -0.39 is 12.5 Å². The molecule has 0 heterocycles. The summed E-state index contributed by atoms with van der Waals surface area (Å²) in [7, 11) is 0. The standard InChI is InChI=1S/C15H18ClF2NO2/c16-12-7-3-1-5-10(12)9-19-14(20)11-6-2-4-8-13(11)21-15(17)18/h2,4,6,8,10,12,15H,1,3,5,7,9H2,(H,19,20). The number of halogens is 3. The molecule has 2 unspecified atom stereocenters. The van der Waals surface area contributed by atoms with Crippen molar-refractivity contribution in [2.45, 2.75) is 37.7 Å². The summed E-state index contributed by atoms with van der Waals surface area (Å²) in [5.74, 6) is -0.302. The second-order valence-corrected chi connectivity index (χ2v) is 5.71. The maximum atomic E-state index is 12.3. The Kier molecular flexibility index (Phi) is 5.79. The molecule has 21 heavy (non-hydrogen) atoms. The highest BCUT2D eigenvalue weighted by molar-refractivity contribution is 6.20. The minimum absolute atomic E-state index is 0.0617. The quantitative estimate of drug-likeness (QED) is 0.839. The van der Waals surface area contributed by atoms with Gasteiger partial charge in [-0.2, -0.15) is 8.78 Å². The zero-order chi connectivity index (χ0) is 15.2. The van der Waals surface area contributed by atoms with E-state index in [-0.39, 0.29) is 22.6 Å². The fraction of sp³-hybridized carbons (Fsp3) is 0.533. The minimum Gasteiger partial charge on any atom is -0.434 e. The zero-order valence-electron chi connectivity index (χ0n) is 11.5. The van der Waals surface area contributed by atoms with Gasteiger partial charge >= 0.3 is 6.61 Å². The van der Waals surface area contributed by atoms with Crippen LogP contribution in [-0.4, -0.2) is 24.4 Å². The van der Waals surface area contributed by atoms with Crippen molar-refractivity contribution >= 4 is 17.5 Å². The smallest absolute Gasteiger partial charge is 0.387 e. The summed E-state index contributed by atoms with van der Waals surface area (Å²) in [6, 6.07) is 5.97. The number of hydrogen-bond donors (Lipinski definition) is 1. The van der Waals surface area contributed by atoms with E-state index in [9.17, 15) is 13.6 Å². The first-order chi connectivity index (χ1) is 10.1. The van der Waals surface area contributed by atoms with Gasteiger partial charge in [0.05, 0.1) is 5.56 Å². The van der Waals surface area contributed by atoms with Gasteiger partial charge in [-0.15, -0.1) is 11.6 Å². The van der Waals surface area contributed by atoms with Crippen molar-refractivity contribution < 1.29 is 18.3 Å². The first-order valence-electron chi connectivity index (χ1n) is 7.04. The van der Waals surface area contributed by atoms with Crippen LogP contribution >= 0.6 is 11.6 Å². The number of alkyl halides is 3. The third-order valence-corrected chi connectivity index (χ3v) is 4.26. The van der Waals surface area contributed by atoms with Crippen molar-refractivity contribution in [2.75, 3.05) is 6.54 Å². The van der Waals surface area contributed by atoms with Crippen molar-refractivity contribution in [1.82, 2.24) is 5.32 Å². The van der Waals surface area contributed by atoms with Crippen LogP contribution in [0.5, 0.6) is 5.75 Å². The van der Waals surface area contributed by atoms with Gasteiger partial charge in [-0.3, -0.25) is 4.79 Å². The molecule has 1 saturated carbocycles. The monoisotopic (exact) mass is 317 g/mol. The predicted molar refractivity (Wildman–Crippen MR) is 77.0 cm³/mol. The molecule has 6 heteroatoms. The normalized spacial score (nSPS) is 22.1. The Morgan fingerprint density at radius 3 is 2.76 bits per heavy atom. The lowest BCUT2D eigenvalue weighted by Crippen LogP contribution is -2.34. The maximum absolute atomic E-state index is 12.3. The van der Waals surface area contributed by atoms with E-state index in [2.05, 4.69) is 10.1 Å². The third-order valence-electron chi connectivity index (χ3n) is 3.69. The summed E-state index contributed by atoms with van der Waals surface area (Å²) in [6.07, 6.45) is 4.15. The molecule has 0 spiro atoms. The molecular formula is C15H18ClF2NO2. The van der Waals surface area contributed by atoms with E-state index in [0.29, 0.717) is 6.54 Å². The maximum Gasteiger partial charge on any atom is 0.387 e. The van der Waals surface area contributed by atoms with E-state index >= 15 is 0 Å². The molecule has 3 nitrogen and oxygen atoms in total. The molecule has 1 aromatic carbocycles. The Morgan fingerprint density at radius 2 is 2.05 bits per heavy atom. The number of carbonyl (C=O) groups excluding carboxylic acids is 1. The van der Waals surface area contributed by atoms with Crippen LogP contribution in [0, 0.1) is 5.92 Å². The minimum atomic E-state index is -2.95. The number of amides is 1. The SMILES string of the molecule is O=C(NCC1CCCCC1Cl)c1ccccc1OC(F)F. The van der Waals surface area contributed by atoms with Crippen LogP contribution in [0.2, 0.25) is 0 Å². The molecule has 1 amide bonds. The van der Waals surface area contributed by atoms with Crippen molar-refractivity contribution in [2.24, 2.45) is 5.92 Å². The van der Waals surface area contributed by atoms with Crippen molar-refractivity contribution in [1.29, 1.82) is 0 Å². The lowest BCUT2D eigenvalue weighted by atomic mass is 9.88. The number of nitrogens with one attached hydrogen (secondary N) is 1. The fourth-order valence-electron chi connectivity index (χ4n) is 2.56. The highest BCUT2D eigenvalue weighted by Crippen LogP contribution is 2.28. The Hall–Kier alpha value is -1.36.